The lowest BCUT2D eigenvalue weighted by atomic mass is 9.72. The summed E-state index contributed by atoms with van der Waals surface area (Å²) in [7, 11) is 4.05. The molecule has 5 atom stereocenters. The molecule has 0 radical (unpaired) electrons. The summed E-state index contributed by atoms with van der Waals surface area (Å²) in [6, 6.07) is 0.531. The predicted octanol–water partition coefficient (Wildman–Crippen LogP) is 1.06. The molecule has 0 saturated heterocycles. The smallest absolute Gasteiger partial charge is 0.223 e. The number of nitrogens with two attached hydrogens (primary N) is 1. The minimum atomic E-state index is 0.0885. The minimum Gasteiger partial charge on any atom is -0.354 e. The highest BCUT2D eigenvalue weighted by atomic mass is 16.1. The molecule has 1 saturated carbocycles. The van der Waals surface area contributed by atoms with Gasteiger partial charge in [0.05, 0.1) is 0 Å². The van der Waals surface area contributed by atoms with Gasteiger partial charge < -0.3 is 16.0 Å². The molecular weight excluding hydrogens is 226 g/mol. The van der Waals surface area contributed by atoms with Gasteiger partial charge in [0, 0.05) is 24.5 Å². The molecule has 0 spiro atoms. The SMILES string of the molecule is CC1CC(C)C(C(=O)NCC(C)N(C)C)CC1N. The molecule has 1 aliphatic rings. The molecule has 0 aromatic heterocycles. The molecule has 1 aliphatic carbocycles. The molecule has 4 heteroatoms. The van der Waals surface area contributed by atoms with Gasteiger partial charge in [0.1, 0.15) is 0 Å². The number of carbonyl (C=O) groups is 1. The van der Waals surface area contributed by atoms with Crippen molar-refractivity contribution in [3.05, 3.63) is 0 Å². The topological polar surface area (TPSA) is 58.4 Å². The molecule has 4 nitrogen and oxygen atoms in total. The molecule has 1 rings (SSSR count). The second kappa shape index (κ2) is 6.53. The maximum Gasteiger partial charge on any atom is 0.223 e. The van der Waals surface area contributed by atoms with E-state index in [0.717, 1.165) is 12.8 Å². The summed E-state index contributed by atoms with van der Waals surface area (Å²) in [6.07, 6.45) is 1.88. The summed E-state index contributed by atoms with van der Waals surface area (Å²) >= 11 is 0. The van der Waals surface area contributed by atoms with E-state index in [4.69, 9.17) is 5.73 Å². The van der Waals surface area contributed by atoms with Gasteiger partial charge in [-0.05, 0) is 45.7 Å². The van der Waals surface area contributed by atoms with Gasteiger partial charge in [-0.25, -0.2) is 0 Å². The van der Waals surface area contributed by atoms with Crippen molar-refractivity contribution in [2.45, 2.75) is 45.7 Å². The molecule has 1 amide bonds. The molecule has 0 bridgehead atoms. The Balaban J connectivity index is 2.46. The first-order valence-corrected chi connectivity index (χ1v) is 7.02. The fourth-order valence-corrected chi connectivity index (χ4v) is 2.61. The van der Waals surface area contributed by atoms with Gasteiger partial charge >= 0.3 is 0 Å². The Hall–Kier alpha value is -0.610. The molecule has 5 unspecified atom stereocenters. The van der Waals surface area contributed by atoms with Crippen molar-refractivity contribution < 1.29 is 4.79 Å². The third-order valence-corrected chi connectivity index (χ3v) is 4.48. The zero-order valence-electron chi connectivity index (χ0n) is 12.4. The molecule has 3 N–H and O–H groups in total. The highest BCUT2D eigenvalue weighted by molar-refractivity contribution is 5.79. The van der Waals surface area contributed by atoms with Gasteiger partial charge in [0.2, 0.25) is 5.91 Å². The van der Waals surface area contributed by atoms with Crippen LogP contribution in [-0.2, 0) is 4.79 Å². The van der Waals surface area contributed by atoms with E-state index in [1.165, 1.54) is 0 Å². The van der Waals surface area contributed by atoms with Crippen LogP contribution < -0.4 is 11.1 Å². The molecule has 0 aromatic carbocycles. The number of hydrogen-bond donors (Lipinski definition) is 2. The normalized spacial score (nSPS) is 34.4. The maximum absolute atomic E-state index is 12.2. The van der Waals surface area contributed by atoms with Gasteiger partial charge in [-0.1, -0.05) is 13.8 Å². The van der Waals surface area contributed by atoms with Gasteiger partial charge in [0.25, 0.3) is 0 Å². The highest BCUT2D eigenvalue weighted by Crippen LogP contribution is 2.32. The van der Waals surface area contributed by atoms with Crippen LogP contribution in [0.5, 0.6) is 0 Å². The standard InChI is InChI=1S/C14H29N3O/c1-9-6-10(2)13(15)7-12(9)14(18)16-8-11(3)17(4)5/h9-13H,6-8,15H2,1-5H3,(H,16,18). The van der Waals surface area contributed by atoms with Gasteiger partial charge in [-0.3, -0.25) is 4.79 Å². The highest BCUT2D eigenvalue weighted by Gasteiger charge is 2.34. The third-order valence-electron chi connectivity index (χ3n) is 4.48. The Morgan fingerprint density at radius 3 is 2.50 bits per heavy atom. The quantitative estimate of drug-likeness (QED) is 0.790. The summed E-state index contributed by atoms with van der Waals surface area (Å²) in [5.74, 6) is 1.24. The molecule has 0 aromatic rings. The van der Waals surface area contributed by atoms with E-state index in [1.807, 2.05) is 14.1 Å². The predicted molar refractivity (Wildman–Crippen MR) is 75.2 cm³/mol. The molecule has 106 valence electrons. The number of carbonyl (C=O) groups excluding carboxylic acids is 1. The second-order valence-electron chi connectivity index (χ2n) is 6.25. The van der Waals surface area contributed by atoms with Gasteiger partial charge in [-0.2, -0.15) is 0 Å². The molecule has 1 fully saturated rings. The summed E-state index contributed by atoms with van der Waals surface area (Å²) in [4.78, 5) is 14.3. The lowest BCUT2D eigenvalue weighted by molar-refractivity contribution is -0.128. The van der Waals surface area contributed by atoms with Crippen LogP contribution in [0, 0.1) is 17.8 Å². The minimum absolute atomic E-state index is 0.0885. The van der Waals surface area contributed by atoms with E-state index < -0.39 is 0 Å². The van der Waals surface area contributed by atoms with Crippen molar-refractivity contribution in [1.29, 1.82) is 0 Å². The Bertz CT molecular complexity index is 280. The first-order valence-electron chi connectivity index (χ1n) is 7.02. The molecular formula is C14H29N3O. The van der Waals surface area contributed by atoms with Crippen LogP contribution in [0.15, 0.2) is 0 Å². The summed E-state index contributed by atoms with van der Waals surface area (Å²) < 4.78 is 0. The van der Waals surface area contributed by atoms with Crippen molar-refractivity contribution in [2.24, 2.45) is 23.5 Å². The lowest BCUT2D eigenvalue weighted by Crippen LogP contribution is -2.47. The molecule has 0 heterocycles. The number of amides is 1. The number of hydrogen-bond acceptors (Lipinski definition) is 3. The van der Waals surface area contributed by atoms with Crippen LogP contribution in [-0.4, -0.2) is 43.5 Å². The Labute approximate surface area is 111 Å². The number of rotatable bonds is 4. The first-order chi connectivity index (χ1) is 8.32. The average molecular weight is 255 g/mol. The van der Waals surface area contributed by atoms with Crippen molar-refractivity contribution >= 4 is 5.91 Å². The van der Waals surface area contributed by atoms with Crippen LogP contribution in [0.4, 0.5) is 0 Å². The van der Waals surface area contributed by atoms with Crippen LogP contribution in [0.1, 0.15) is 33.6 Å². The van der Waals surface area contributed by atoms with Crippen molar-refractivity contribution in [3.63, 3.8) is 0 Å². The number of nitrogens with one attached hydrogen (secondary N) is 1. The summed E-state index contributed by atoms with van der Waals surface area (Å²) in [5, 5.41) is 3.06. The van der Waals surface area contributed by atoms with Crippen LogP contribution in [0.3, 0.4) is 0 Å². The van der Waals surface area contributed by atoms with E-state index in [0.29, 0.717) is 24.4 Å². The van der Waals surface area contributed by atoms with E-state index >= 15 is 0 Å². The first kappa shape index (κ1) is 15.4. The number of nitrogens with zero attached hydrogens (tertiary/aromatic N) is 1. The molecule has 18 heavy (non-hydrogen) atoms. The summed E-state index contributed by atoms with van der Waals surface area (Å²) in [6.45, 7) is 7.17. The zero-order valence-corrected chi connectivity index (χ0v) is 12.4. The largest absolute Gasteiger partial charge is 0.354 e. The van der Waals surface area contributed by atoms with Gasteiger partial charge in [-0.15, -0.1) is 0 Å². The van der Waals surface area contributed by atoms with E-state index in [9.17, 15) is 4.79 Å². The van der Waals surface area contributed by atoms with Crippen molar-refractivity contribution in [1.82, 2.24) is 10.2 Å². The van der Waals surface area contributed by atoms with Crippen molar-refractivity contribution in [2.75, 3.05) is 20.6 Å². The Morgan fingerprint density at radius 1 is 1.33 bits per heavy atom. The fourth-order valence-electron chi connectivity index (χ4n) is 2.61. The van der Waals surface area contributed by atoms with Crippen molar-refractivity contribution in [3.8, 4) is 0 Å². The monoisotopic (exact) mass is 255 g/mol. The molecule has 0 aliphatic heterocycles. The van der Waals surface area contributed by atoms with Crippen LogP contribution in [0.2, 0.25) is 0 Å². The van der Waals surface area contributed by atoms with E-state index in [2.05, 4.69) is 31.0 Å². The summed E-state index contributed by atoms with van der Waals surface area (Å²) in [5.41, 5.74) is 6.08. The van der Waals surface area contributed by atoms with Crippen LogP contribution >= 0.6 is 0 Å². The lowest BCUT2D eigenvalue weighted by Gasteiger charge is -2.36. The maximum atomic E-state index is 12.2. The van der Waals surface area contributed by atoms with Crippen LogP contribution in [0.25, 0.3) is 0 Å². The fraction of sp³-hybridized carbons (Fsp3) is 0.929. The average Bonchev–Trinajstić information content (AvgIpc) is 2.30. The van der Waals surface area contributed by atoms with E-state index in [1.54, 1.807) is 0 Å². The Kier molecular flexibility index (Phi) is 5.60. The Morgan fingerprint density at radius 2 is 1.94 bits per heavy atom. The van der Waals surface area contributed by atoms with E-state index in [-0.39, 0.29) is 17.9 Å². The zero-order chi connectivity index (χ0) is 13.9. The number of likely N-dealkylation sites (N-methyl/N-ethyl adjacent to an activating group) is 1. The third kappa shape index (κ3) is 3.95. The van der Waals surface area contributed by atoms with Gasteiger partial charge in [0.15, 0.2) is 0 Å². The second-order valence-corrected chi connectivity index (χ2v) is 6.25.